The van der Waals surface area contributed by atoms with Crippen LogP contribution in [-0.4, -0.2) is 44.2 Å². The third-order valence-electron chi connectivity index (χ3n) is 4.19. The highest BCUT2D eigenvalue weighted by molar-refractivity contribution is 7.09. The van der Waals surface area contributed by atoms with E-state index in [2.05, 4.69) is 41.4 Å². The maximum Gasteiger partial charge on any atom is 0.194 e. The van der Waals surface area contributed by atoms with Crippen molar-refractivity contribution in [2.24, 2.45) is 4.99 Å². The van der Waals surface area contributed by atoms with Crippen LogP contribution in [0, 0.1) is 0 Å². The minimum atomic E-state index is 0.0676. The molecule has 1 aromatic carbocycles. The molecule has 0 radical (unpaired) electrons. The molecule has 1 heterocycles. The van der Waals surface area contributed by atoms with E-state index < -0.39 is 0 Å². The van der Waals surface area contributed by atoms with Gasteiger partial charge in [-0.2, -0.15) is 0 Å². The fourth-order valence-corrected chi connectivity index (χ4v) is 3.55. The second kappa shape index (κ2) is 9.08. The first-order chi connectivity index (χ1) is 12.8. The van der Waals surface area contributed by atoms with Crippen molar-refractivity contribution in [3.63, 3.8) is 0 Å². The minimum Gasteiger partial charge on any atom is -0.497 e. The van der Waals surface area contributed by atoms with Crippen molar-refractivity contribution in [3.05, 3.63) is 39.8 Å². The van der Waals surface area contributed by atoms with Gasteiger partial charge in [-0.15, -0.1) is 11.3 Å². The molecule has 0 amide bonds. The molecular formula is C20H30N4O2S. The zero-order chi connectivity index (χ0) is 20.0. The van der Waals surface area contributed by atoms with Crippen molar-refractivity contribution < 1.29 is 9.47 Å². The molecule has 2 rings (SSSR count). The summed E-state index contributed by atoms with van der Waals surface area (Å²) in [6.45, 7) is 7.84. The number of nitrogens with one attached hydrogen (secondary N) is 1. The van der Waals surface area contributed by atoms with Crippen molar-refractivity contribution in [2.45, 2.75) is 39.3 Å². The summed E-state index contributed by atoms with van der Waals surface area (Å²) >= 11 is 1.67. The van der Waals surface area contributed by atoms with Gasteiger partial charge in [0.05, 0.1) is 26.5 Å². The Morgan fingerprint density at radius 1 is 1.26 bits per heavy atom. The average Bonchev–Trinajstić information content (AvgIpc) is 3.12. The van der Waals surface area contributed by atoms with Gasteiger partial charge in [0.25, 0.3) is 0 Å². The lowest BCUT2D eigenvalue weighted by Crippen LogP contribution is -2.38. The number of aromatic nitrogens is 1. The highest BCUT2D eigenvalue weighted by atomic mass is 32.1. The summed E-state index contributed by atoms with van der Waals surface area (Å²) in [5.74, 6) is 2.38. The SMILES string of the molecule is CN=C(NCc1nc(C(C)(C)C)cs1)N(C)Cc1ccc(OC)cc1OC. The molecule has 0 saturated heterocycles. The van der Waals surface area contributed by atoms with Gasteiger partial charge in [-0.25, -0.2) is 4.98 Å². The van der Waals surface area contributed by atoms with Gasteiger partial charge in [-0.3, -0.25) is 4.99 Å². The Balaban J connectivity index is 2.02. The first kappa shape index (κ1) is 21.0. The Bertz CT molecular complexity index is 781. The summed E-state index contributed by atoms with van der Waals surface area (Å²) in [5, 5.41) is 6.57. The molecule has 1 aromatic heterocycles. The topological polar surface area (TPSA) is 59.0 Å². The maximum atomic E-state index is 5.49. The van der Waals surface area contributed by atoms with Crippen LogP contribution in [0.15, 0.2) is 28.6 Å². The number of benzene rings is 1. The number of methoxy groups -OCH3 is 2. The lowest BCUT2D eigenvalue weighted by atomic mass is 9.93. The molecule has 7 heteroatoms. The van der Waals surface area contributed by atoms with Crippen LogP contribution in [0.2, 0.25) is 0 Å². The van der Waals surface area contributed by atoms with Gasteiger partial charge in [0.15, 0.2) is 5.96 Å². The van der Waals surface area contributed by atoms with Crippen molar-refractivity contribution in [2.75, 3.05) is 28.3 Å². The Hall–Kier alpha value is -2.28. The predicted octanol–water partition coefficient (Wildman–Crippen LogP) is 3.67. The fraction of sp³-hybridized carbons (Fsp3) is 0.500. The second-order valence-electron chi connectivity index (χ2n) is 7.31. The van der Waals surface area contributed by atoms with E-state index in [1.54, 1.807) is 32.6 Å². The lowest BCUT2D eigenvalue weighted by Gasteiger charge is -2.23. The molecule has 0 aliphatic rings. The van der Waals surface area contributed by atoms with Crippen LogP contribution < -0.4 is 14.8 Å². The van der Waals surface area contributed by atoms with Crippen LogP contribution >= 0.6 is 11.3 Å². The van der Waals surface area contributed by atoms with Gasteiger partial charge in [-0.05, 0) is 12.1 Å². The number of aliphatic imine (C=N–C) groups is 1. The highest BCUT2D eigenvalue weighted by Crippen LogP contribution is 2.26. The number of thiazole rings is 1. The van der Waals surface area contributed by atoms with E-state index in [1.807, 2.05) is 25.2 Å². The largest absolute Gasteiger partial charge is 0.497 e. The monoisotopic (exact) mass is 390 g/mol. The van der Waals surface area contributed by atoms with E-state index >= 15 is 0 Å². The van der Waals surface area contributed by atoms with E-state index in [1.165, 1.54) is 0 Å². The first-order valence-electron chi connectivity index (χ1n) is 8.86. The molecule has 6 nitrogen and oxygen atoms in total. The van der Waals surface area contributed by atoms with E-state index in [-0.39, 0.29) is 5.41 Å². The molecule has 1 N–H and O–H groups in total. The van der Waals surface area contributed by atoms with Gasteiger partial charge in [-0.1, -0.05) is 20.8 Å². The van der Waals surface area contributed by atoms with Crippen molar-refractivity contribution >= 4 is 17.3 Å². The second-order valence-corrected chi connectivity index (χ2v) is 8.25. The van der Waals surface area contributed by atoms with E-state index in [0.717, 1.165) is 33.7 Å². The molecule has 0 saturated carbocycles. The van der Waals surface area contributed by atoms with E-state index in [9.17, 15) is 0 Å². The third-order valence-corrected chi connectivity index (χ3v) is 5.04. The molecule has 0 fully saturated rings. The number of hydrogen-bond acceptors (Lipinski definition) is 5. The van der Waals surface area contributed by atoms with Crippen molar-refractivity contribution in [1.29, 1.82) is 0 Å². The third kappa shape index (κ3) is 5.60. The lowest BCUT2D eigenvalue weighted by molar-refractivity contribution is 0.382. The molecule has 0 atom stereocenters. The molecule has 27 heavy (non-hydrogen) atoms. The number of rotatable bonds is 6. The zero-order valence-electron chi connectivity index (χ0n) is 17.3. The standard InChI is InChI=1S/C20H30N4O2S/c1-20(2,3)17-13-27-18(23-17)11-22-19(21-4)24(5)12-14-8-9-15(25-6)10-16(14)26-7/h8-10,13H,11-12H2,1-7H3,(H,21,22). The molecule has 0 aliphatic heterocycles. The number of nitrogens with zero attached hydrogens (tertiary/aromatic N) is 3. The van der Waals surface area contributed by atoms with Crippen LogP contribution in [0.3, 0.4) is 0 Å². The van der Waals surface area contributed by atoms with E-state index in [4.69, 9.17) is 14.5 Å². The van der Waals surface area contributed by atoms with Crippen LogP contribution in [0.1, 0.15) is 37.0 Å². The minimum absolute atomic E-state index is 0.0676. The van der Waals surface area contributed by atoms with E-state index in [0.29, 0.717) is 13.1 Å². The Morgan fingerprint density at radius 2 is 2.00 bits per heavy atom. The van der Waals surface area contributed by atoms with Gasteiger partial charge >= 0.3 is 0 Å². The molecule has 0 spiro atoms. The summed E-state index contributed by atoms with van der Waals surface area (Å²) in [5.41, 5.74) is 2.25. The Kier molecular flexibility index (Phi) is 7.07. The summed E-state index contributed by atoms with van der Waals surface area (Å²) in [6, 6.07) is 5.84. The first-order valence-corrected chi connectivity index (χ1v) is 9.74. The number of ether oxygens (including phenoxy) is 2. The average molecular weight is 391 g/mol. The number of guanidine groups is 1. The highest BCUT2D eigenvalue weighted by Gasteiger charge is 2.18. The Morgan fingerprint density at radius 3 is 2.56 bits per heavy atom. The van der Waals surface area contributed by atoms with Crippen LogP contribution in [0.25, 0.3) is 0 Å². The maximum absolute atomic E-state index is 5.49. The van der Waals surface area contributed by atoms with Crippen molar-refractivity contribution in [1.82, 2.24) is 15.2 Å². The predicted molar refractivity (Wildman–Crippen MR) is 112 cm³/mol. The van der Waals surface area contributed by atoms with Gasteiger partial charge in [0.2, 0.25) is 0 Å². The summed E-state index contributed by atoms with van der Waals surface area (Å²) in [6.07, 6.45) is 0. The summed E-state index contributed by atoms with van der Waals surface area (Å²) in [7, 11) is 7.10. The zero-order valence-corrected chi connectivity index (χ0v) is 18.1. The quantitative estimate of drug-likeness (QED) is 0.602. The van der Waals surface area contributed by atoms with Gasteiger partial charge < -0.3 is 19.7 Å². The molecule has 0 aliphatic carbocycles. The van der Waals surface area contributed by atoms with Gasteiger partial charge in [0, 0.05) is 43.1 Å². The normalized spacial score (nSPS) is 12.0. The molecule has 0 unspecified atom stereocenters. The smallest absolute Gasteiger partial charge is 0.194 e. The molecule has 148 valence electrons. The van der Waals surface area contributed by atoms with Crippen molar-refractivity contribution in [3.8, 4) is 11.5 Å². The summed E-state index contributed by atoms with van der Waals surface area (Å²) in [4.78, 5) is 11.2. The molecule has 2 aromatic rings. The Labute approximate surface area is 166 Å². The summed E-state index contributed by atoms with van der Waals surface area (Å²) < 4.78 is 10.8. The van der Waals surface area contributed by atoms with Crippen LogP contribution in [0.4, 0.5) is 0 Å². The van der Waals surface area contributed by atoms with Crippen LogP contribution in [-0.2, 0) is 18.5 Å². The number of hydrogen-bond donors (Lipinski definition) is 1. The fourth-order valence-electron chi connectivity index (χ4n) is 2.59. The van der Waals surface area contributed by atoms with Crippen LogP contribution in [0.5, 0.6) is 11.5 Å². The molecule has 0 bridgehead atoms. The molecular weight excluding hydrogens is 360 g/mol. The van der Waals surface area contributed by atoms with Gasteiger partial charge in [0.1, 0.15) is 16.5 Å².